The molecule has 1 aliphatic rings. The molecule has 1 aromatic heterocycles. The Morgan fingerprint density at radius 2 is 1.88 bits per heavy atom. The van der Waals surface area contributed by atoms with Crippen molar-refractivity contribution >= 4 is 45.4 Å². The van der Waals surface area contributed by atoms with Gasteiger partial charge in [-0.25, -0.2) is 0 Å². The number of amides is 2. The number of hydrogen-bond donors (Lipinski definition) is 2. The second-order valence-electron chi connectivity index (χ2n) is 6.17. The van der Waals surface area contributed by atoms with Crippen LogP contribution in [-0.2, 0) is 4.79 Å². The molecule has 26 heavy (non-hydrogen) atoms. The van der Waals surface area contributed by atoms with Gasteiger partial charge in [0.05, 0.1) is 22.3 Å². The zero-order valence-corrected chi connectivity index (χ0v) is 16.0. The number of halogens is 1. The van der Waals surface area contributed by atoms with Crippen LogP contribution in [0.5, 0.6) is 0 Å². The highest BCUT2D eigenvalue weighted by Crippen LogP contribution is 2.27. The number of para-hydroxylation sites is 1. The Labute approximate surface area is 161 Å². The van der Waals surface area contributed by atoms with E-state index in [9.17, 15) is 9.59 Å². The maximum absolute atomic E-state index is 12.6. The molecule has 3 N–H and O–H groups in total. The van der Waals surface area contributed by atoms with Crippen molar-refractivity contribution in [1.82, 2.24) is 4.90 Å². The average Bonchev–Trinajstić information content (AvgIpc) is 3.10. The number of benzene rings is 1. The maximum Gasteiger partial charge on any atom is 0.251 e. The van der Waals surface area contributed by atoms with E-state index in [4.69, 9.17) is 17.3 Å². The predicted octanol–water partition coefficient (Wildman–Crippen LogP) is 2.65. The molecule has 8 heteroatoms. The Balaban J connectivity index is 1.58. The van der Waals surface area contributed by atoms with Crippen LogP contribution in [0, 0.1) is 0 Å². The summed E-state index contributed by atoms with van der Waals surface area (Å²) in [7, 11) is 0. The molecule has 1 saturated heterocycles. The summed E-state index contributed by atoms with van der Waals surface area (Å²) in [4.78, 5) is 28.3. The van der Waals surface area contributed by atoms with Crippen LogP contribution in [0.1, 0.15) is 17.3 Å². The van der Waals surface area contributed by atoms with Crippen molar-refractivity contribution in [2.45, 2.75) is 13.0 Å². The first-order valence-electron chi connectivity index (χ1n) is 8.39. The number of anilines is 2. The van der Waals surface area contributed by atoms with Gasteiger partial charge in [0.15, 0.2) is 0 Å². The lowest BCUT2D eigenvalue weighted by Gasteiger charge is -2.38. The average molecular weight is 393 g/mol. The molecule has 3 rings (SSSR count). The molecule has 1 aliphatic heterocycles. The normalized spacial score (nSPS) is 16.3. The van der Waals surface area contributed by atoms with E-state index in [2.05, 4.69) is 15.1 Å². The minimum absolute atomic E-state index is 0.138. The monoisotopic (exact) mass is 392 g/mol. The van der Waals surface area contributed by atoms with E-state index in [0.717, 1.165) is 36.9 Å². The second-order valence-corrected chi connectivity index (χ2v) is 7.49. The third-order valence-electron chi connectivity index (χ3n) is 4.60. The van der Waals surface area contributed by atoms with Crippen LogP contribution in [0.4, 0.5) is 10.7 Å². The van der Waals surface area contributed by atoms with Gasteiger partial charge in [-0.1, -0.05) is 23.7 Å². The minimum atomic E-state index is -0.539. The number of hydrogen-bond acceptors (Lipinski definition) is 5. The lowest BCUT2D eigenvalue weighted by Crippen LogP contribution is -2.52. The highest BCUT2D eigenvalue weighted by Gasteiger charge is 2.27. The van der Waals surface area contributed by atoms with Crippen LogP contribution in [0.25, 0.3) is 0 Å². The van der Waals surface area contributed by atoms with E-state index in [-0.39, 0.29) is 11.9 Å². The molecule has 2 aromatic rings. The van der Waals surface area contributed by atoms with Gasteiger partial charge in [0.1, 0.15) is 5.00 Å². The third kappa shape index (κ3) is 4.00. The van der Waals surface area contributed by atoms with Crippen molar-refractivity contribution in [2.75, 3.05) is 36.4 Å². The van der Waals surface area contributed by atoms with Crippen LogP contribution >= 0.6 is 22.9 Å². The van der Waals surface area contributed by atoms with Gasteiger partial charge in [-0.2, -0.15) is 0 Å². The fraction of sp³-hybridized carbons (Fsp3) is 0.333. The van der Waals surface area contributed by atoms with Crippen LogP contribution in [-0.4, -0.2) is 48.9 Å². The van der Waals surface area contributed by atoms with E-state index in [1.807, 2.05) is 31.2 Å². The first kappa shape index (κ1) is 18.7. The molecule has 0 radical (unpaired) electrons. The van der Waals surface area contributed by atoms with E-state index in [1.54, 1.807) is 11.4 Å². The second kappa shape index (κ2) is 8.07. The van der Waals surface area contributed by atoms with Gasteiger partial charge in [0.25, 0.3) is 5.91 Å². The standard InChI is InChI=1S/C18H21ClN4O2S/c1-12(17(25)21-18-13(16(20)24)6-11-26-18)22-7-9-23(10-8-22)15-5-3-2-4-14(15)19/h2-6,11-12H,7-10H2,1H3,(H2,20,24)(H,21,25). The SMILES string of the molecule is CC(C(=O)Nc1sccc1C(N)=O)N1CCN(c2ccccc2Cl)CC1. The Kier molecular flexibility index (Phi) is 5.80. The number of nitrogens with one attached hydrogen (secondary N) is 1. The molecular formula is C18H21ClN4O2S. The molecule has 0 bridgehead atoms. The summed E-state index contributed by atoms with van der Waals surface area (Å²) in [6.07, 6.45) is 0. The minimum Gasteiger partial charge on any atom is -0.368 e. The summed E-state index contributed by atoms with van der Waals surface area (Å²) in [6.45, 7) is 4.98. The van der Waals surface area contributed by atoms with Crippen molar-refractivity contribution < 1.29 is 9.59 Å². The topological polar surface area (TPSA) is 78.7 Å². The zero-order valence-electron chi connectivity index (χ0n) is 14.4. The summed E-state index contributed by atoms with van der Waals surface area (Å²) in [5.74, 6) is -0.677. The number of carbonyl (C=O) groups excluding carboxylic acids is 2. The number of piperazine rings is 1. The third-order valence-corrected chi connectivity index (χ3v) is 5.75. The molecule has 6 nitrogen and oxygen atoms in total. The van der Waals surface area contributed by atoms with Crippen LogP contribution in [0.2, 0.25) is 5.02 Å². The summed E-state index contributed by atoms with van der Waals surface area (Å²) >= 11 is 7.57. The Morgan fingerprint density at radius 1 is 1.19 bits per heavy atom. The number of thiophene rings is 1. The van der Waals surface area contributed by atoms with Crippen molar-refractivity contribution in [3.8, 4) is 0 Å². The molecule has 1 unspecified atom stereocenters. The van der Waals surface area contributed by atoms with E-state index in [1.165, 1.54) is 11.3 Å². The molecule has 0 saturated carbocycles. The fourth-order valence-corrected chi connectivity index (χ4v) is 4.09. The lowest BCUT2D eigenvalue weighted by atomic mass is 10.2. The number of carbonyl (C=O) groups is 2. The van der Waals surface area contributed by atoms with Crippen LogP contribution < -0.4 is 16.0 Å². The predicted molar refractivity (Wildman–Crippen MR) is 106 cm³/mol. The summed E-state index contributed by atoms with van der Waals surface area (Å²) in [5, 5.41) is 5.81. The number of primary amides is 1. The Hall–Kier alpha value is -2.09. The summed E-state index contributed by atoms with van der Waals surface area (Å²) < 4.78 is 0. The summed E-state index contributed by atoms with van der Waals surface area (Å²) in [6, 6.07) is 9.11. The van der Waals surface area contributed by atoms with Crippen molar-refractivity contribution in [2.24, 2.45) is 5.73 Å². The van der Waals surface area contributed by atoms with Gasteiger partial charge in [-0.05, 0) is 30.5 Å². The molecule has 1 atom stereocenters. The molecule has 2 amide bonds. The first-order valence-corrected chi connectivity index (χ1v) is 9.65. The van der Waals surface area contributed by atoms with Gasteiger partial charge in [0.2, 0.25) is 5.91 Å². The maximum atomic E-state index is 12.6. The summed E-state index contributed by atoms with van der Waals surface area (Å²) in [5.41, 5.74) is 6.70. The largest absolute Gasteiger partial charge is 0.368 e. The Bertz CT molecular complexity index is 802. The molecule has 2 heterocycles. The van der Waals surface area contributed by atoms with Gasteiger partial charge in [-0.3, -0.25) is 14.5 Å². The van der Waals surface area contributed by atoms with Crippen LogP contribution in [0.3, 0.4) is 0 Å². The fourth-order valence-electron chi connectivity index (χ4n) is 3.04. The van der Waals surface area contributed by atoms with E-state index in [0.29, 0.717) is 10.6 Å². The molecule has 1 aromatic carbocycles. The molecule has 0 aliphatic carbocycles. The zero-order chi connectivity index (χ0) is 18.7. The smallest absolute Gasteiger partial charge is 0.251 e. The molecule has 1 fully saturated rings. The van der Waals surface area contributed by atoms with Crippen molar-refractivity contribution in [3.05, 3.63) is 46.3 Å². The number of nitrogens with zero attached hydrogens (tertiary/aromatic N) is 2. The van der Waals surface area contributed by atoms with E-state index >= 15 is 0 Å². The van der Waals surface area contributed by atoms with Gasteiger partial charge < -0.3 is 16.0 Å². The molecule has 138 valence electrons. The highest BCUT2D eigenvalue weighted by atomic mass is 35.5. The van der Waals surface area contributed by atoms with Gasteiger partial charge >= 0.3 is 0 Å². The Morgan fingerprint density at radius 3 is 2.54 bits per heavy atom. The van der Waals surface area contributed by atoms with Crippen LogP contribution in [0.15, 0.2) is 35.7 Å². The lowest BCUT2D eigenvalue weighted by molar-refractivity contribution is -0.120. The quantitative estimate of drug-likeness (QED) is 0.819. The number of nitrogens with two attached hydrogens (primary N) is 1. The first-order chi connectivity index (χ1) is 12.5. The molecule has 0 spiro atoms. The number of rotatable bonds is 5. The van der Waals surface area contributed by atoms with Crippen molar-refractivity contribution in [3.63, 3.8) is 0 Å². The molecular weight excluding hydrogens is 372 g/mol. The van der Waals surface area contributed by atoms with Gasteiger partial charge in [0, 0.05) is 26.2 Å². The highest BCUT2D eigenvalue weighted by molar-refractivity contribution is 7.14. The van der Waals surface area contributed by atoms with Gasteiger partial charge in [-0.15, -0.1) is 11.3 Å². The van der Waals surface area contributed by atoms with Crippen molar-refractivity contribution in [1.29, 1.82) is 0 Å². The van der Waals surface area contributed by atoms with E-state index < -0.39 is 5.91 Å².